The summed E-state index contributed by atoms with van der Waals surface area (Å²) in [6.45, 7) is 5.18. The molecule has 0 atom stereocenters. The summed E-state index contributed by atoms with van der Waals surface area (Å²) in [7, 11) is -1.62. The molecular formula is C10H21N3O3S. The molecule has 0 aliphatic carbocycles. The number of sulfonamides is 1. The van der Waals surface area contributed by atoms with E-state index in [0.717, 1.165) is 0 Å². The van der Waals surface area contributed by atoms with Gasteiger partial charge in [-0.3, -0.25) is 4.79 Å². The van der Waals surface area contributed by atoms with Crippen molar-refractivity contribution in [3.05, 3.63) is 0 Å². The van der Waals surface area contributed by atoms with E-state index < -0.39 is 10.0 Å². The van der Waals surface area contributed by atoms with Crippen LogP contribution in [0.15, 0.2) is 0 Å². The summed E-state index contributed by atoms with van der Waals surface area (Å²) in [5.41, 5.74) is 0. The first-order chi connectivity index (χ1) is 7.83. The van der Waals surface area contributed by atoms with Crippen LogP contribution in [-0.2, 0) is 14.8 Å². The molecule has 1 fully saturated rings. The highest BCUT2D eigenvalue weighted by Gasteiger charge is 2.29. The van der Waals surface area contributed by atoms with Gasteiger partial charge in [-0.15, -0.1) is 0 Å². The first-order valence-corrected chi connectivity index (χ1v) is 7.39. The van der Waals surface area contributed by atoms with Gasteiger partial charge in [0.2, 0.25) is 15.9 Å². The molecule has 0 radical (unpaired) electrons. The predicted octanol–water partition coefficient (Wildman–Crippen LogP) is -0.912. The van der Waals surface area contributed by atoms with Crippen molar-refractivity contribution in [2.45, 2.75) is 19.9 Å². The summed E-state index contributed by atoms with van der Waals surface area (Å²) in [6.07, 6.45) is 0. The Kier molecular flexibility index (Phi) is 4.91. The van der Waals surface area contributed by atoms with E-state index in [1.807, 2.05) is 13.8 Å². The van der Waals surface area contributed by atoms with Crippen molar-refractivity contribution < 1.29 is 13.2 Å². The number of hydrogen-bond donors (Lipinski definition) is 1. The predicted molar refractivity (Wildman–Crippen MR) is 66.1 cm³/mol. The smallest absolute Gasteiger partial charge is 0.237 e. The maximum Gasteiger partial charge on any atom is 0.237 e. The average Bonchev–Trinajstić information content (AvgIpc) is 2.21. The average molecular weight is 263 g/mol. The minimum absolute atomic E-state index is 0.0273. The van der Waals surface area contributed by atoms with Crippen LogP contribution in [-0.4, -0.2) is 68.6 Å². The summed E-state index contributed by atoms with van der Waals surface area (Å²) < 4.78 is 25.1. The van der Waals surface area contributed by atoms with Crippen LogP contribution in [0.3, 0.4) is 0 Å². The fourth-order valence-corrected chi connectivity index (χ4v) is 2.88. The molecule has 7 heteroatoms. The van der Waals surface area contributed by atoms with Crippen LogP contribution < -0.4 is 5.32 Å². The van der Waals surface area contributed by atoms with E-state index in [-0.39, 0.29) is 24.2 Å². The zero-order valence-corrected chi connectivity index (χ0v) is 11.5. The van der Waals surface area contributed by atoms with E-state index in [9.17, 15) is 13.2 Å². The lowest BCUT2D eigenvalue weighted by Gasteiger charge is -2.31. The summed E-state index contributed by atoms with van der Waals surface area (Å²) in [4.78, 5) is 13.0. The largest absolute Gasteiger partial charge is 0.343 e. The van der Waals surface area contributed by atoms with Crippen molar-refractivity contribution in [1.29, 1.82) is 0 Å². The standard InChI is InChI=1S/C10H21N3O3S/c1-9(2)11-4-7-17(15,16)13-6-5-12(3)10(14)8-13/h9,11H,4-8H2,1-3H3. The topological polar surface area (TPSA) is 69.7 Å². The van der Waals surface area contributed by atoms with Crippen molar-refractivity contribution in [1.82, 2.24) is 14.5 Å². The summed E-state index contributed by atoms with van der Waals surface area (Å²) in [5.74, 6) is -0.0982. The number of nitrogens with zero attached hydrogens (tertiary/aromatic N) is 2. The molecule has 1 heterocycles. The Bertz CT molecular complexity index is 367. The Morgan fingerprint density at radius 3 is 2.53 bits per heavy atom. The Labute approximate surface area is 103 Å². The Morgan fingerprint density at radius 1 is 1.35 bits per heavy atom. The third-order valence-electron chi connectivity index (χ3n) is 2.73. The highest BCUT2D eigenvalue weighted by Crippen LogP contribution is 2.07. The maximum absolute atomic E-state index is 11.9. The number of amides is 1. The number of nitrogens with one attached hydrogen (secondary N) is 1. The van der Waals surface area contributed by atoms with Gasteiger partial charge in [-0.05, 0) is 0 Å². The number of piperazine rings is 1. The summed E-state index contributed by atoms with van der Waals surface area (Å²) in [5, 5.41) is 3.06. The van der Waals surface area contributed by atoms with Crippen LogP contribution in [0.25, 0.3) is 0 Å². The lowest BCUT2D eigenvalue weighted by atomic mass is 10.4. The maximum atomic E-state index is 11.9. The van der Waals surface area contributed by atoms with Crippen molar-refractivity contribution >= 4 is 15.9 Å². The minimum Gasteiger partial charge on any atom is -0.343 e. The third-order valence-corrected chi connectivity index (χ3v) is 4.55. The van der Waals surface area contributed by atoms with Crippen molar-refractivity contribution in [3.8, 4) is 0 Å². The summed E-state index contributed by atoms with van der Waals surface area (Å²) >= 11 is 0. The molecule has 1 rings (SSSR count). The van der Waals surface area contributed by atoms with Crippen LogP contribution in [0.1, 0.15) is 13.8 Å². The molecule has 1 N–H and O–H groups in total. The fraction of sp³-hybridized carbons (Fsp3) is 0.900. The molecule has 6 nitrogen and oxygen atoms in total. The second-order valence-electron chi connectivity index (χ2n) is 4.57. The molecule has 1 saturated heterocycles. The Hall–Kier alpha value is -0.660. The van der Waals surface area contributed by atoms with Crippen molar-refractivity contribution in [2.24, 2.45) is 0 Å². The van der Waals surface area contributed by atoms with Gasteiger partial charge in [0.25, 0.3) is 0 Å². The first kappa shape index (κ1) is 14.4. The number of likely N-dealkylation sites (N-methyl/N-ethyl adjacent to an activating group) is 1. The number of rotatable bonds is 5. The molecule has 0 aromatic carbocycles. The van der Waals surface area contributed by atoms with Crippen LogP contribution >= 0.6 is 0 Å². The molecule has 0 spiro atoms. The van der Waals surface area contributed by atoms with Crippen molar-refractivity contribution in [2.75, 3.05) is 39.0 Å². The molecule has 0 unspecified atom stereocenters. The Balaban J connectivity index is 2.50. The zero-order valence-electron chi connectivity index (χ0n) is 10.6. The molecule has 1 aliphatic heterocycles. The van der Waals surface area contributed by atoms with Gasteiger partial charge < -0.3 is 10.2 Å². The second kappa shape index (κ2) is 5.79. The van der Waals surface area contributed by atoms with Gasteiger partial charge >= 0.3 is 0 Å². The van der Waals surface area contributed by atoms with Gasteiger partial charge in [0.1, 0.15) is 0 Å². The number of carbonyl (C=O) groups excluding carboxylic acids is 1. The molecule has 0 saturated carbocycles. The summed E-state index contributed by atoms with van der Waals surface area (Å²) in [6, 6.07) is 0.263. The van der Waals surface area contributed by atoms with E-state index >= 15 is 0 Å². The van der Waals surface area contributed by atoms with E-state index in [1.165, 1.54) is 4.31 Å². The van der Waals surface area contributed by atoms with E-state index in [1.54, 1.807) is 11.9 Å². The Morgan fingerprint density at radius 2 is 2.00 bits per heavy atom. The monoisotopic (exact) mass is 263 g/mol. The lowest BCUT2D eigenvalue weighted by Crippen LogP contribution is -2.51. The SMILES string of the molecule is CC(C)NCCS(=O)(=O)N1CCN(C)C(=O)C1. The quantitative estimate of drug-likeness (QED) is 0.697. The number of carbonyl (C=O) groups is 1. The zero-order chi connectivity index (χ0) is 13.1. The van der Waals surface area contributed by atoms with Crippen LogP contribution in [0, 0.1) is 0 Å². The molecule has 0 aromatic heterocycles. The minimum atomic E-state index is -3.31. The first-order valence-electron chi connectivity index (χ1n) is 5.78. The molecule has 0 bridgehead atoms. The van der Waals surface area contributed by atoms with Crippen molar-refractivity contribution in [3.63, 3.8) is 0 Å². The normalized spacial score (nSPS) is 19.1. The van der Waals surface area contributed by atoms with Gasteiger partial charge in [-0.1, -0.05) is 13.8 Å². The fourth-order valence-electron chi connectivity index (χ4n) is 1.58. The van der Waals surface area contributed by atoms with Crippen LogP contribution in [0.2, 0.25) is 0 Å². The molecule has 1 amide bonds. The van der Waals surface area contributed by atoms with Gasteiger partial charge in [0, 0.05) is 32.7 Å². The molecular weight excluding hydrogens is 242 g/mol. The van der Waals surface area contributed by atoms with Crippen LogP contribution in [0.4, 0.5) is 0 Å². The third kappa shape index (κ3) is 4.25. The van der Waals surface area contributed by atoms with Crippen LogP contribution in [0.5, 0.6) is 0 Å². The molecule has 100 valence electrons. The lowest BCUT2D eigenvalue weighted by molar-refractivity contribution is -0.132. The number of hydrogen-bond acceptors (Lipinski definition) is 4. The van der Waals surface area contributed by atoms with Gasteiger partial charge in [0.15, 0.2) is 0 Å². The van der Waals surface area contributed by atoms with E-state index in [0.29, 0.717) is 19.6 Å². The van der Waals surface area contributed by atoms with Gasteiger partial charge in [0.05, 0.1) is 12.3 Å². The molecule has 1 aliphatic rings. The highest BCUT2D eigenvalue weighted by atomic mass is 32.2. The molecule has 17 heavy (non-hydrogen) atoms. The van der Waals surface area contributed by atoms with E-state index in [2.05, 4.69) is 5.32 Å². The highest BCUT2D eigenvalue weighted by molar-refractivity contribution is 7.89. The van der Waals surface area contributed by atoms with Gasteiger partial charge in [-0.25, -0.2) is 8.42 Å². The second-order valence-corrected chi connectivity index (χ2v) is 6.66. The molecule has 0 aromatic rings. The van der Waals surface area contributed by atoms with E-state index in [4.69, 9.17) is 0 Å². The van der Waals surface area contributed by atoms with Gasteiger partial charge in [-0.2, -0.15) is 4.31 Å².